The average Bonchev–Trinajstić information content (AvgIpc) is 2.84. The van der Waals surface area contributed by atoms with Gasteiger partial charge in [0.25, 0.3) is 0 Å². The Kier molecular flexibility index (Phi) is 15.4. The predicted molar refractivity (Wildman–Crippen MR) is 124 cm³/mol. The van der Waals surface area contributed by atoms with Crippen LogP contribution in [0, 0.1) is 0 Å². The lowest BCUT2D eigenvalue weighted by Gasteiger charge is -2.34. The topological polar surface area (TPSA) is 88.2 Å². The van der Waals surface area contributed by atoms with Crippen molar-refractivity contribution in [3.05, 3.63) is 18.2 Å². The normalized spacial score (nSPS) is 12.2. The lowest BCUT2D eigenvalue weighted by molar-refractivity contribution is -0.142. The second-order valence-electron chi connectivity index (χ2n) is 7.24. The van der Waals surface area contributed by atoms with Crippen molar-refractivity contribution in [1.82, 2.24) is 9.80 Å². The first-order valence-corrected chi connectivity index (χ1v) is 10.9. The number of nitrogens with zero attached hydrogens (tertiary/aromatic N) is 2. The first-order valence-electron chi connectivity index (χ1n) is 10.9. The Labute approximate surface area is 197 Å². The molecule has 1 rings (SSSR count). The molecule has 1 aromatic rings. The third kappa shape index (κ3) is 10.2. The molecule has 0 saturated heterocycles. The zero-order chi connectivity index (χ0) is 24.5. The highest BCUT2D eigenvalue weighted by molar-refractivity contribution is 5.80. The number of hydrogen-bond acceptors (Lipinski definition) is 10. The Balaban J connectivity index is 3.23. The quantitative estimate of drug-likeness (QED) is 0.216. The van der Waals surface area contributed by atoms with E-state index in [0.29, 0.717) is 70.7 Å². The summed E-state index contributed by atoms with van der Waals surface area (Å²) in [7, 11) is 9.60. The van der Waals surface area contributed by atoms with Gasteiger partial charge in [0.2, 0.25) is 5.75 Å². The monoisotopic (exact) mass is 472 g/mol. The second kappa shape index (κ2) is 17.5. The Morgan fingerprint density at radius 2 is 1.21 bits per heavy atom. The highest BCUT2D eigenvalue weighted by Gasteiger charge is 2.31. The van der Waals surface area contributed by atoms with Crippen LogP contribution in [0.25, 0.3) is 0 Å². The number of rotatable bonds is 19. The smallest absolute Gasteiger partial charge is 0.330 e. The van der Waals surface area contributed by atoms with E-state index in [0.717, 1.165) is 0 Å². The van der Waals surface area contributed by atoms with Crippen LogP contribution in [-0.4, -0.2) is 124 Å². The number of carbonyl (C=O) groups excluding carboxylic acids is 1. The van der Waals surface area contributed by atoms with Crippen molar-refractivity contribution < 1.29 is 38.0 Å². The molecule has 0 aromatic heterocycles. The van der Waals surface area contributed by atoms with Gasteiger partial charge >= 0.3 is 5.97 Å². The fraction of sp³-hybridized carbons (Fsp3) is 0.696. The van der Waals surface area contributed by atoms with Gasteiger partial charge in [0.15, 0.2) is 11.5 Å². The first-order chi connectivity index (χ1) is 16.1. The molecule has 0 aliphatic heterocycles. The van der Waals surface area contributed by atoms with Crippen LogP contribution in [0.15, 0.2) is 18.2 Å². The molecule has 0 amide bonds. The fourth-order valence-electron chi connectivity index (χ4n) is 3.25. The van der Waals surface area contributed by atoms with Gasteiger partial charge in [-0.2, -0.15) is 0 Å². The molecule has 190 valence electrons. The highest BCUT2D eigenvalue weighted by atomic mass is 16.6. The standard InChI is InChI=1S/C23H40N2O8/c1-27-14-10-24(11-15-28-2)18-19(25(12-16-29-3)13-17-30-4)23(26)33-22-20(31-5)8-7-9-21(22)32-6/h7-9,19H,10-18H2,1-6H3. The minimum absolute atomic E-state index is 0.247. The maximum atomic E-state index is 13.6. The van der Waals surface area contributed by atoms with E-state index in [1.54, 1.807) is 46.6 Å². The third-order valence-corrected chi connectivity index (χ3v) is 5.12. The number of benzene rings is 1. The Hall–Kier alpha value is -1.95. The summed E-state index contributed by atoms with van der Waals surface area (Å²) in [4.78, 5) is 17.7. The van der Waals surface area contributed by atoms with Crippen molar-refractivity contribution in [2.24, 2.45) is 0 Å². The second-order valence-corrected chi connectivity index (χ2v) is 7.24. The lowest BCUT2D eigenvalue weighted by atomic mass is 10.2. The molecule has 1 unspecified atom stereocenters. The first kappa shape index (κ1) is 29.1. The average molecular weight is 473 g/mol. The van der Waals surface area contributed by atoms with Crippen molar-refractivity contribution in [2.75, 3.05) is 102 Å². The van der Waals surface area contributed by atoms with Crippen LogP contribution in [0.2, 0.25) is 0 Å². The van der Waals surface area contributed by atoms with Crippen molar-refractivity contribution >= 4 is 5.97 Å². The van der Waals surface area contributed by atoms with Crippen molar-refractivity contribution in [2.45, 2.75) is 6.04 Å². The zero-order valence-electron chi connectivity index (χ0n) is 20.8. The largest absolute Gasteiger partial charge is 0.493 e. The summed E-state index contributed by atoms with van der Waals surface area (Å²) in [6.07, 6.45) is 0. The van der Waals surface area contributed by atoms with Crippen LogP contribution in [0.5, 0.6) is 17.2 Å². The highest BCUT2D eigenvalue weighted by Crippen LogP contribution is 2.37. The minimum atomic E-state index is -0.598. The van der Waals surface area contributed by atoms with E-state index in [1.807, 2.05) is 4.90 Å². The molecule has 10 heteroatoms. The molecule has 0 saturated carbocycles. The van der Waals surface area contributed by atoms with Gasteiger partial charge in [-0.25, -0.2) is 4.79 Å². The van der Waals surface area contributed by atoms with E-state index in [-0.39, 0.29) is 5.75 Å². The van der Waals surface area contributed by atoms with Gasteiger partial charge < -0.3 is 33.2 Å². The van der Waals surface area contributed by atoms with Crippen molar-refractivity contribution in [1.29, 1.82) is 0 Å². The van der Waals surface area contributed by atoms with Gasteiger partial charge in [0.05, 0.1) is 40.6 Å². The molecule has 1 atom stereocenters. The molecule has 1 aromatic carbocycles. The van der Waals surface area contributed by atoms with Gasteiger partial charge in [-0.3, -0.25) is 9.80 Å². The Morgan fingerprint density at radius 1 is 0.758 bits per heavy atom. The summed E-state index contributed by atoms with van der Waals surface area (Å²) < 4.78 is 37.7. The summed E-state index contributed by atoms with van der Waals surface area (Å²) >= 11 is 0. The maximum absolute atomic E-state index is 13.6. The Bertz CT molecular complexity index is 623. The number of esters is 1. The maximum Gasteiger partial charge on any atom is 0.330 e. The summed E-state index contributed by atoms with van der Waals surface area (Å²) in [5.41, 5.74) is 0. The van der Waals surface area contributed by atoms with Gasteiger partial charge in [0.1, 0.15) is 6.04 Å². The van der Waals surface area contributed by atoms with Crippen LogP contribution < -0.4 is 14.2 Å². The summed E-state index contributed by atoms with van der Waals surface area (Å²) in [6, 6.07) is 4.61. The molecular weight excluding hydrogens is 432 g/mol. The van der Waals surface area contributed by atoms with Crippen LogP contribution >= 0.6 is 0 Å². The van der Waals surface area contributed by atoms with E-state index in [2.05, 4.69) is 4.90 Å². The van der Waals surface area contributed by atoms with Crippen LogP contribution in [0.3, 0.4) is 0 Å². The zero-order valence-corrected chi connectivity index (χ0v) is 20.8. The molecule has 0 spiro atoms. The molecule has 0 aliphatic rings. The molecule has 0 N–H and O–H groups in total. The summed E-state index contributed by atoms with van der Waals surface area (Å²) in [5.74, 6) is 0.649. The van der Waals surface area contributed by atoms with Crippen molar-refractivity contribution in [3.63, 3.8) is 0 Å². The molecule has 10 nitrogen and oxygen atoms in total. The lowest BCUT2D eigenvalue weighted by Crippen LogP contribution is -2.53. The van der Waals surface area contributed by atoms with Gasteiger partial charge in [-0.1, -0.05) is 6.07 Å². The molecular formula is C23H40N2O8. The van der Waals surface area contributed by atoms with Crippen LogP contribution in [0.1, 0.15) is 0 Å². The van der Waals surface area contributed by atoms with Crippen molar-refractivity contribution in [3.8, 4) is 17.2 Å². The van der Waals surface area contributed by atoms with E-state index >= 15 is 0 Å². The molecule has 33 heavy (non-hydrogen) atoms. The van der Waals surface area contributed by atoms with Gasteiger partial charge in [0, 0.05) is 61.2 Å². The Morgan fingerprint density at radius 3 is 1.64 bits per heavy atom. The van der Waals surface area contributed by atoms with E-state index in [9.17, 15) is 4.79 Å². The summed E-state index contributed by atoms with van der Waals surface area (Å²) in [5, 5.41) is 0. The van der Waals surface area contributed by atoms with E-state index in [1.165, 1.54) is 14.2 Å². The molecule has 0 heterocycles. The van der Waals surface area contributed by atoms with E-state index in [4.69, 9.17) is 33.2 Å². The van der Waals surface area contributed by atoms with E-state index < -0.39 is 12.0 Å². The molecule has 0 bridgehead atoms. The van der Waals surface area contributed by atoms with Gasteiger partial charge in [-0.15, -0.1) is 0 Å². The minimum Gasteiger partial charge on any atom is -0.493 e. The van der Waals surface area contributed by atoms with Gasteiger partial charge in [-0.05, 0) is 12.1 Å². The summed E-state index contributed by atoms with van der Waals surface area (Å²) in [6.45, 7) is 4.74. The fourth-order valence-corrected chi connectivity index (χ4v) is 3.25. The predicted octanol–water partition coefficient (Wildman–Crippen LogP) is 1.17. The molecule has 0 radical (unpaired) electrons. The number of ether oxygens (including phenoxy) is 7. The number of methoxy groups -OCH3 is 6. The third-order valence-electron chi connectivity index (χ3n) is 5.12. The molecule has 0 aliphatic carbocycles. The van der Waals surface area contributed by atoms with Crippen LogP contribution in [-0.2, 0) is 23.7 Å². The SMILES string of the molecule is COCCN(CCOC)CC(C(=O)Oc1c(OC)cccc1OC)N(CCOC)CCOC. The molecule has 0 fully saturated rings. The number of hydrogen-bond donors (Lipinski definition) is 0. The number of para-hydroxylation sites is 1. The van der Waals surface area contributed by atoms with Crippen LogP contribution in [0.4, 0.5) is 0 Å². The number of carbonyl (C=O) groups is 1.